The van der Waals surface area contributed by atoms with E-state index in [4.69, 9.17) is 17.3 Å². The molecule has 0 bridgehead atoms. The highest BCUT2D eigenvalue weighted by molar-refractivity contribution is 7.90. The Morgan fingerprint density at radius 3 is 2.56 bits per heavy atom. The van der Waals surface area contributed by atoms with Gasteiger partial charge in [0.25, 0.3) is 0 Å². The summed E-state index contributed by atoms with van der Waals surface area (Å²) in [5.74, 6) is -0.238. The van der Waals surface area contributed by atoms with Crippen molar-refractivity contribution in [1.29, 1.82) is 0 Å². The molecule has 0 aliphatic rings. The third-order valence-corrected chi connectivity index (χ3v) is 6.78. The van der Waals surface area contributed by atoms with E-state index >= 15 is 0 Å². The van der Waals surface area contributed by atoms with Gasteiger partial charge in [0.15, 0.2) is 9.84 Å². The number of aromatic nitrogens is 2. The smallest absolute Gasteiger partial charge is 0.337 e. The highest BCUT2D eigenvalue weighted by atomic mass is 35.5. The summed E-state index contributed by atoms with van der Waals surface area (Å²) in [6.07, 6.45) is 0. The first kappa shape index (κ1) is 23.5. The molecule has 1 heterocycles. The Hall–Kier alpha value is -3.17. The van der Waals surface area contributed by atoms with Crippen molar-refractivity contribution in [3.05, 3.63) is 70.2 Å². The number of ether oxygens (including phenoxy) is 1. The summed E-state index contributed by atoms with van der Waals surface area (Å²) >= 11 is 6.20. The van der Waals surface area contributed by atoms with Crippen molar-refractivity contribution in [3.63, 3.8) is 0 Å². The number of benzene rings is 2. The molecule has 0 spiro atoms. The molecule has 0 unspecified atom stereocenters. The molecule has 0 amide bonds. The summed E-state index contributed by atoms with van der Waals surface area (Å²) < 4.78 is 29.6. The van der Waals surface area contributed by atoms with Gasteiger partial charge in [0, 0.05) is 23.2 Å². The van der Waals surface area contributed by atoms with Crippen LogP contribution in [0.5, 0.6) is 0 Å². The Morgan fingerprint density at radius 2 is 1.88 bits per heavy atom. The Labute approximate surface area is 191 Å². The predicted molar refractivity (Wildman–Crippen MR) is 125 cm³/mol. The molecular formula is C22H23ClN4O4S. The summed E-state index contributed by atoms with van der Waals surface area (Å²) in [7, 11) is -2.11. The molecule has 0 saturated carbocycles. The fraction of sp³-hybridized carbons (Fsp3) is 0.227. The molecule has 0 aliphatic carbocycles. The molecule has 2 aromatic carbocycles. The number of nitrogens with zero attached hydrogens (tertiary/aromatic N) is 2. The Bertz CT molecular complexity index is 1230. The second-order valence-corrected chi connectivity index (χ2v) is 9.71. The van der Waals surface area contributed by atoms with Gasteiger partial charge in [0.2, 0.25) is 5.95 Å². The first-order valence-electron chi connectivity index (χ1n) is 9.70. The van der Waals surface area contributed by atoms with Gasteiger partial charge in [-0.3, -0.25) is 0 Å². The summed E-state index contributed by atoms with van der Waals surface area (Å²) in [6.45, 7) is 2.03. The third-order valence-electron chi connectivity index (χ3n) is 4.77. The molecule has 3 rings (SSSR count). The van der Waals surface area contributed by atoms with E-state index in [1.807, 2.05) is 19.1 Å². The van der Waals surface area contributed by atoms with Crippen molar-refractivity contribution >= 4 is 39.2 Å². The van der Waals surface area contributed by atoms with Crippen molar-refractivity contribution in [2.45, 2.75) is 12.7 Å². The number of nitrogens with two attached hydrogens (primary N) is 1. The molecule has 3 aromatic rings. The van der Waals surface area contributed by atoms with Crippen molar-refractivity contribution < 1.29 is 17.9 Å². The average Bonchev–Trinajstić information content (AvgIpc) is 2.75. The van der Waals surface area contributed by atoms with Crippen LogP contribution in [-0.2, 0) is 20.3 Å². The molecule has 32 heavy (non-hydrogen) atoms. The van der Waals surface area contributed by atoms with Crippen LogP contribution in [0.4, 0.5) is 11.8 Å². The van der Waals surface area contributed by atoms with Crippen LogP contribution in [-0.4, -0.2) is 43.8 Å². The quantitative estimate of drug-likeness (QED) is 0.475. The summed E-state index contributed by atoms with van der Waals surface area (Å²) in [5, 5.41) is 3.61. The predicted octanol–water partition coefficient (Wildman–Crippen LogP) is 3.50. The largest absolute Gasteiger partial charge is 0.465 e. The SMILES string of the molecule is COC(=O)c1ccc(CS(=O)(=O)CCNc2cc(-c3cccc(Cl)c3C)nc(N)n2)cc1. The maximum absolute atomic E-state index is 12.5. The second kappa shape index (κ2) is 9.97. The zero-order chi connectivity index (χ0) is 23.3. The maximum atomic E-state index is 12.5. The van der Waals surface area contributed by atoms with Crippen molar-refractivity contribution in [2.75, 3.05) is 30.5 Å². The number of hydrogen-bond donors (Lipinski definition) is 2. The standard InChI is InChI=1S/C22H23ClN4O4S/c1-14-17(4-3-5-18(14)23)19-12-20(27-22(24)26-19)25-10-11-32(29,30)13-15-6-8-16(9-7-15)21(28)31-2/h3-9,12H,10-11,13H2,1-2H3,(H3,24,25,26,27). The number of nitrogen functional groups attached to an aromatic ring is 1. The van der Waals surface area contributed by atoms with E-state index < -0.39 is 15.8 Å². The summed E-state index contributed by atoms with van der Waals surface area (Å²) in [5.41, 5.74) is 9.06. The van der Waals surface area contributed by atoms with Crippen LogP contribution in [0.25, 0.3) is 11.3 Å². The number of carbonyl (C=O) groups is 1. The van der Waals surface area contributed by atoms with Gasteiger partial charge >= 0.3 is 5.97 Å². The molecule has 168 valence electrons. The highest BCUT2D eigenvalue weighted by Crippen LogP contribution is 2.28. The number of rotatable bonds is 8. The molecule has 8 nitrogen and oxygen atoms in total. The zero-order valence-electron chi connectivity index (χ0n) is 17.6. The monoisotopic (exact) mass is 474 g/mol. The number of esters is 1. The minimum atomic E-state index is -3.40. The summed E-state index contributed by atoms with van der Waals surface area (Å²) in [6, 6.07) is 13.5. The van der Waals surface area contributed by atoms with E-state index in [9.17, 15) is 13.2 Å². The Morgan fingerprint density at radius 1 is 1.16 bits per heavy atom. The third kappa shape index (κ3) is 5.95. The van der Waals surface area contributed by atoms with Crippen LogP contribution >= 0.6 is 11.6 Å². The highest BCUT2D eigenvalue weighted by Gasteiger charge is 2.14. The van der Waals surface area contributed by atoms with Gasteiger partial charge in [-0.2, -0.15) is 4.98 Å². The lowest BCUT2D eigenvalue weighted by molar-refractivity contribution is 0.0600. The number of anilines is 2. The van der Waals surface area contributed by atoms with Crippen LogP contribution in [0, 0.1) is 6.92 Å². The van der Waals surface area contributed by atoms with Crippen molar-refractivity contribution in [2.24, 2.45) is 0 Å². The van der Waals surface area contributed by atoms with E-state index in [0.29, 0.717) is 27.7 Å². The fourth-order valence-electron chi connectivity index (χ4n) is 3.09. The molecule has 3 N–H and O–H groups in total. The molecule has 10 heteroatoms. The van der Waals surface area contributed by atoms with E-state index in [2.05, 4.69) is 20.0 Å². The number of methoxy groups -OCH3 is 1. The molecule has 0 radical (unpaired) electrons. The molecule has 0 saturated heterocycles. The first-order chi connectivity index (χ1) is 15.2. The first-order valence-corrected chi connectivity index (χ1v) is 11.9. The van der Waals surface area contributed by atoms with Crippen molar-refractivity contribution in [1.82, 2.24) is 9.97 Å². The Kier molecular flexibility index (Phi) is 7.32. The van der Waals surface area contributed by atoms with E-state index in [1.165, 1.54) is 19.2 Å². The van der Waals surface area contributed by atoms with Gasteiger partial charge in [0.05, 0.1) is 29.9 Å². The number of nitrogens with one attached hydrogen (secondary N) is 1. The molecule has 0 aliphatic heterocycles. The number of sulfone groups is 1. The lowest BCUT2D eigenvalue weighted by Crippen LogP contribution is -2.18. The van der Waals surface area contributed by atoms with Gasteiger partial charge < -0.3 is 15.8 Å². The number of halogens is 1. The van der Waals surface area contributed by atoms with Crippen LogP contribution in [0.15, 0.2) is 48.5 Å². The van der Waals surface area contributed by atoms with E-state index in [-0.39, 0.29) is 24.0 Å². The molecular weight excluding hydrogens is 452 g/mol. The molecule has 1 aromatic heterocycles. The van der Waals surface area contributed by atoms with Gasteiger partial charge in [-0.15, -0.1) is 0 Å². The maximum Gasteiger partial charge on any atom is 0.337 e. The number of hydrogen-bond acceptors (Lipinski definition) is 8. The van der Waals surface area contributed by atoms with Gasteiger partial charge in [-0.25, -0.2) is 18.2 Å². The van der Waals surface area contributed by atoms with E-state index in [0.717, 1.165) is 11.1 Å². The van der Waals surface area contributed by atoms with Gasteiger partial charge in [-0.05, 0) is 36.2 Å². The zero-order valence-corrected chi connectivity index (χ0v) is 19.2. The lowest BCUT2D eigenvalue weighted by Gasteiger charge is -2.11. The van der Waals surface area contributed by atoms with Crippen LogP contribution in [0.2, 0.25) is 5.02 Å². The van der Waals surface area contributed by atoms with Crippen LogP contribution in [0.3, 0.4) is 0 Å². The molecule has 0 fully saturated rings. The van der Waals surface area contributed by atoms with Crippen molar-refractivity contribution in [3.8, 4) is 11.3 Å². The van der Waals surface area contributed by atoms with E-state index in [1.54, 1.807) is 24.3 Å². The normalized spacial score (nSPS) is 11.2. The Balaban J connectivity index is 1.65. The minimum Gasteiger partial charge on any atom is -0.465 e. The minimum absolute atomic E-state index is 0.0675. The van der Waals surface area contributed by atoms with Crippen LogP contribution < -0.4 is 11.1 Å². The van der Waals surface area contributed by atoms with Crippen LogP contribution in [0.1, 0.15) is 21.5 Å². The topological polar surface area (TPSA) is 124 Å². The lowest BCUT2D eigenvalue weighted by atomic mass is 10.1. The fourth-order valence-corrected chi connectivity index (χ4v) is 4.53. The number of carbonyl (C=O) groups excluding carboxylic acids is 1. The second-order valence-electron chi connectivity index (χ2n) is 7.12. The summed E-state index contributed by atoms with van der Waals surface area (Å²) in [4.78, 5) is 19.9. The molecule has 0 atom stereocenters. The van der Waals surface area contributed by atoms with Gasteiger partial charge in [0.1, 0.15) is 5.82 Å². The van der Waals surface area contributed by atoms with Gasteiger partial charge in [-0.1, -0.05) is 35.9 Å². The average molecular weight is 475 g/mol.